The first-order valence-corrected chi connectivity index (χ1v) is 7.23. The highest BCUT2D eigenvalue weighted by atomic mass is 16.5. The lowest BCUT2D eigenvalue weighted by atomic mass is 10.2. The number of hydrogen-bond donors (Lipinski definition) is 1. The topological polar surface area (TPSA) is 37.6 Å². The average Bonchev–Trinajstić information content (AvgIpc) is 2.92. The molecule has 0 saturated carbocycles. The molecule has 114 valence electrons. The lowest BCUT2D eigenvalue weighted by molar-refractivity contribution is 0.415. The van der Waals surface area contributed by atoms with Gasteiger partial charge in [-0.2, -0.15) is 0 Å². The Kier molecular flexibility index (Phi) is 5.28. The fourth-order valence-corrected chi connectivity index (χ4v) is 2.09. The quantitative estimate of drug-likeness (QED) is 0.847. The van der Waals surface area contributed by atoms with E-state index in [1.54, 1.807) is 7.11 Å². The molecule has 2 aromatic rings. The molecule has 4 nitrogen and oxygen atoms in total. The minimum atomic E-state index is 0.477. The zero-order valence-electron chi connectivity index (χ0n) is 13.2. The Hall–Kier alpha value is -1.94. The van der Waals surface area contributed by atoms with Crippen LogP contribution >= 0.6 is 0 Å². The van der Waals surface area contributed by atoms with Crippen LogP contribution in [0.15, 0.2) is 41.0 Å². The maximum Gasteiger partial charge on any atom is 0.123 e. The van der Waals surface area contributed by atoms with E-state index in [-0.39, 0.29) is 0 Å². The summed E-state index contributed by atoms with van der Waals surface area (Å²) >= 11 is 0. The lowest BCUT2D eigenvalue weighted by Crippen LogP contribution is -2.21. The van der Waals surface area contributed by atoms with E-state index < -0.39 is 0 Å². The lowest BCUT2D eigenvalue weighted by Gasteiger charge is -2.18. The Balaban J connectivity index is 1.93. The number of hydrogen-bond acceptors (Lipinski definition) is 4. The Bertz CT molecular complexity index is 546. The molecule has 0 atom stereocenters. The standard InChI is InChI=1S/C17H24N2O2/c1-13(2)18-10-14-9-17(21-12-14)11-19(3)15-5-7-16(20-4)8-6-15/h5-9,12-13,18H,10-11H2,1-4H3. The first-order valence-electron chi connectivity index (χ1n) is 7.23. The summed E-state index contributed by atoms with van der Waals surface area (Å²) in [5.41, 5.74) is 2.32. The second-order valence-electron chi connectivity index (χ2n) is 5.51. The van der Waals surface area contributed by atoms with Crippen molar-refractivity contribution in [1.82, 2.24) is 5.32 Å². The van der Waals surface area contributed by atoms with Crippen molar-refractivity contribution in [3.05, 3.63) is 47.9 Å². The van der Waals surface area contributed by atoms with Gasteiger partial charge in [-0.15, -0.1) is 0 Å². The van der Waals surface area contributed by atoms with Crippen molar-refractivity contribution in [3.63, 3.8) is 0 Å². The van der Waals surface area contributed by atoms with Gasteiger partial charge in [-0.1, -0.05) is 13.8 Å². The third-order valence-electron chi connectivity index (χ3n) is 3.33. The van der Waals surface area contributed by atoms with Gasteiger partial charge in [0, 0.05) is 30.9 Å². The molecule has 1 N–H and O–H groups in total. The van der Waals surface area contributed by atoms with Gasteiger partial charge >= 0.3 is 0 Å². The summed E-state index contributed by atoms with van der Waals surface area (Å²) in [6, 6.07) is 10.6. The summed E-state index contributed by atoms with van der Waals surface area (Å²) in [4.78, 5) is 2.15. The van der Waals surface area contributed by atoms with Crippen LogP contribution in [0.1, 0.15) is 25.2 Å². The van der Waals surface area contributed by atoms with Gasteiger partial charge in [-0.3, -0.25) is 0 Å². The molecule has 1 heterocycles. The molecule has 1 aromatic heterocycles. The molecule has 1 aromatic carbocycles. The smallest absolute Gasteiger partial charge is 0.123 e. The van der Waals surface area contributed by atoms with Crippen LogP contribution in [0.4, 0.5) is 5.69 Å². The van der Waals surface area contributed by atoms with E-state index >= 15 is 0 Å². The van der Waals surface area contributed by atoms with Crippen molar-refractivity contribution in [2.24, 2.45) is 0 Å². The third-order valence-corrected chi connectivity index (χ3v) is 3.33. The maximum atomic E-state index is 5.63. The predicted molar refractivity (Wildman–Crippen MR) is 85.8 cm³/mol. The molecule has 0 aliphatic heterocycles. The van der Waals surface area contributed by atoms with Gasteiger partial charge in [0.25, 0.3) is 0 Å². The van der Waals surface area contributed by atoms with E-state index in [0.29, 0.717) is 6.04 Å². The van der Waals surface area contributed by atoms with Crippen LogP contribution in [-0.2, 0) is 13.1 Å². The molecule has 0 spiro atoms. The van der Waals surface area contributed by atoms with Crippen LogP contribution in [0.5, 0.6) is 5.75 Å². The van der Waals surface area contributed by atoms with Gasteiger partial charge < -0.3 is 19.4 Å². The van der Waals surface area contributed by atoms with E-state index in [0.717, 1.165) is 30.3 Å². The van der Waals surface area contributed by atoms with Crippen LogP contribution < -0.4 is 15.0 Å². The van der Waals surface area contributed by atoms with E-state index in [2.05, 4.69) is 37.2 Å². The number of benzene rings is 1. The highest BCUT2D eigenvalue weighted by Gasteiger charge is 2.07. The number of anilines is 1. The number of ether oxygens (including phenoxy) is 1. The minimum Gasteiger partial charge on any atom is -0.497 e. The molecule has 0 aliphatic rings. The van der Waals surface area contributed by atoms with Gasteiger partial charge in [0.1, 0.15) is 11.5 Å². The largest absolute Gasteiger partial charge is 0.497 e. The fourth-order valence-electron chi connectivity index (χ4n) is 2.09. The van der Waals surface area contributed by atoms with Gasteiger partial charge in [0.05, 0.1) is 19.9 Å². The average molecular weight is 288 g/mol. The Morgan fingerprint density at radius 1 is 1.24 bits per heavy atom. The molecule has 0 radical (unpaired) electrons. The zero-order chi connectivity index (χ0) is 15.2. The summed E-state index contributed by atoms with van der Waals surface area (Å²) in [6.07, 6.45) is 1.83. The van der Waals surface area contributed by atoms with Gasteiger partial charge in [0.2, 0.25) is 0 Å². The Morgan fingerprint density at radius 3 is 2.57 bits per heavy atom. The Morgan fingerprint density at radius 2 is 1.95 bits per heavy atom. The van der Waals surface area contributed by atoms with Gasteiger partial charge in [-0.05, 0) is 30.3 Å². The molecular formula is C17H24N2O2. The van der Waals surface area contributed by atoms with Crippen LogP contribution in [-0.4, -0.2) is 20.2 Å². The maximum absolute atomic E-state index is 5.63. The molecule has 0 bridgehead atoms. The summed E-state index contributed by atoms with van der Waals surface area (Å²) in [7, 11) is 3.73. The SMILES string of the molecule is COc1ccc(N(C)Cc2cc(CNC(C)C)co2)cc1. The van der Waals surface area contributed by atoms with Crippen LogP contribution in [0.2, 0.25) is 0 Å². The van der Waals surface area contributed by atoms with Crippen LogP contribution in [0.25, 0.3) is 0 Å². The molecule has 0 unspecified atom stereocenters. The summed E-state index contributed by atoms with van der Waals surface area (Å²) < 4.78 is 10.8. The number of nitrogens with one attached hydrogen (secondary N) is 1. The zero-order valence-corrected chi connectivity index (χ0v) is 13.2. The second-order valence-corrected chi connectivity index (χ2v) is 5.51. The molecule has 0 fully saturated rings. The number of nitrogens with zero attached hydrogens (tertiary/aromatic N) is 1. The Labute approximate surface area is 126 Å². The fraction of sp³-hybridized carbons (Fsp3) is 0.412. The molecule has 0 amide bonds. The van der Waals surface area contributed by atoms with Crippen molar-refractivity contribution in [2.45, 2.75) is 33.0 Å². The van der Waals surface area contributed by atoms with Crippen molar-refractivity contribution in [3.8, 4) is 5.75 Å². The van der Waals surface area contributed by atoms with E-state index in [1.165, 1.54) is 5.56 Å². The van der Waals surface area contributed by atoms with Crippen molar-refractivity contribution in [2.75, 3.05) is 19.1 Å². The third kappa shape index (κ3) is 4.53. The first-order chi connectivity index (χ1) is 10.1. The van der Waals surface area contributed by atoms with Crippen molar-refractivity contribution < 1.29 is 9.15 Å². The molecule has 2 rings (SSSR count). The molecule has 0 aliphatic carbocycles. The molecule has 0 saturated heterocycles. The van der Waals surface area contributed by atoms with Crippen molar-refractivity contribution >= 4 is 5.69 Å². The monoisotopic (exact) mass is 288 g/mol. The van der Waals surface area contributed by atoms with E-state index in [1.807, 2.05) is 30.5 Å². The second kappa shape index (κ2) is 7.18. The van der Waals surface area contributed by atoms with Gasteiger partial charge in [0.15, 0.2) is 0 Å². The van der Waals surface area contributed by atoms with Crippen molar-refractivity contribution in [1.29, 1.82) is 0 Å². The van der Waals surface area contributed by atoms with Gasteiger partial charge in [-0.25, -0.2) is 0 Å². The highest BCUT2D eigenvalue weighted by Crippen LogP contribution is 2.20. The van der Waals surface area contributed by atoms with E-state index in [4.69, 9.17) is 9.15 Å². The number of furan rings is 1. The summed E-state index contributed by atoms with van der Waals surface area (Å²) in [5, 5.41) is 3.39. The minimum absolute atomic E-state index is 0.477. The van der Waals surface area contributed by atoms with Crippen LogP contribution in [0.3, 0.4) is 0 Å². The van der Waals surface area contributed by atoms with Crippen LogP contribution in [0, 0.1) is 0 Å². The van der Waals surface area contributed by atoms with E-state index in [9.17, 15) is 0 Å². The molecule has 21 heavy (non-hydrogen) atoms. The molecular weight excluding hydrogens is 264 g/mol. The first kappa shape index (κ1) is 15.4. The number of methoxy groups -OCH3 is 1. The highest BCUT2D eigenvalue weighted by molar-refractivity contribution is 5.48. The normalized spacial score (nSPS) is 10.9. The summed E-state index contributed by atoms with van der Waals surface area (Å²) in [5.74, 6) is 1.83. The molecule has 4 heteroatoms. The predicted octanol–water partition coefficient (Wildman–Crippen LogP) is 3.42. The number of rotatable bonds is 7. The summed E-state index contributed by atoms with van der Waals surface area (Å²) in [6.45, 7) is 5.86.